The number of ether oxygens (including phenoxy) is 1. The number of hydrogen-bond donors (Lipinski definition) is 1. The van der Waals surface area contributed by atoms with Crippen LogP contribution in [0.5, 0.6) is 5.75 Å². The van der Waals surface area contributed by atoms with E-state index in [9.17, 15) is 4.79 Å². The smallest absolute Gasteiger partial charge is 0.262 e. The van der Waals surface area contributed by atoms with E-state index in [-0.39, 0.29) is 12.5 Å². The molecule has 0 aliphatic heterocycles. The molecule has 0 aliphatic carbocycles. The second-order valence-corrected chi connectivity index (χ2v) is 5.26. The van der Waals surface area contributed by atoms with Gasteiger partial charge in [0.15, 0.2) is 6.61 Å². The standard InChI is InChI=1S/C16H17NO2S/c1-12-3-7-14(8-4-12)19-11-16(18)17-13-5-9-15(20-2)10-6-13/h3-10H,11H2,1-2H3,(H,17,18). The molecule has 0 saturated carbocycles. The maximum Gasteiger partial charge on any atom is 0.262 e. The summed E-state index contributed by atoms with van der Waals surface area (Å²) in [4.78, 5) is 12.9. The van der Waals surface area contributed by atoms with E-state index in [0.717, 1.165) is 11.3 Å². The van der Waals surface area contributed by atoms with Crippen LogP contribution in [0.1, 0.15) is 5.56 Å². The molecule has 0 radical (unpaired) electrons. The second kappa shape index (κ2) is 7.01. The van der Waals surface area contributed by atoms with Crippen LogP contribution in [0.15, 0.2) is 53.4 Å². The highest BCUT2D eigenvalue weighted by atomic mass is 32.2. The lowest BCUT2D eigenvalue weighted by molar-refractivity contribution is -0.118. The summed E-state index contributed by atoms with van der Waals surface area (Å²) < 4.78 is 5.42. The summed E-state index contributed by atoms with van der Waals surface area (Å²) in [6, 6.07) is 15.3. The molecular formula is C16H17NO2S. The van der Waals surface area contributed by atoms with Gasteiger partial charge in [0, 0.05) is 10.6 Å². The summed E-state index contributed by atoms with van der Waals surface area (Å²) in [5, 5.41) is 2.80. The highest BCUT2D eigenvalue weighted by Crippen LogP contribution is 2.17. The maximum absolute atomic E-state index is 11.8. The molecule has 3 nitrogen and oxygen atoms in total. The van der Waals surface area contributed by atoms with E-state index < -0.39 is 0 Å². The monoisotopic (exact) mass is 287 g/mol. The summed E-state index contributed by atoms with van der Waals surface area (Å²) in [5.41, 5.74) is 1.94. The lowest BCUT2D eigenvalue weighted by Gasteiger charge is -2.08. The molecular weight excluding hydrogens is 270 g/mol. The number of anilines is 1. The molecule has 0 heterocycles. The second-order valence-electron chi connectivity index (χ2n) is 4.38. The fraction of sp³-hybridized carbons (Fsp3) is 0.188. The lowest BCUT2D eigenvalue weighted by atomic mass is 10.2. The lowest BCUT2D eigenvalue weighted by Crippen LogP contribution is -2.20. The number of carbonyl (C=O) groups is 1. The van der Waals surface area contributed by atoms with Gasteiger partial charge in [0.05, 0.1) is 0 Å². The zero-order valence-electron chi connectivity index (χ0n) is 11.6. The topological polar surface area (TPSA) is 38.3 Å². The van der Waals surface area contributed by atoms with Gasteiger partial charge < -0.3 is 10.1 Å². The third kappa shape index (κ3) is 4.31. The van der Waals surface area contributed by atoms with E-state index in [1.165, 1.54) is 4.90 Å². The van der Waals surface area contributed by atoms with E-state index in [1.54, 1.807) is 11.8 Å². The van der Waals surface area contributed by atoms with Crippen LogP contribution in [-0.4, -0.2) is 18.8 Å². The molecule has 0 bridgehead atoms. The molecule has 2 aromatic rings. The zero-order chi connectivity index (χ0) is 14.4. The van der Waals surface area contributed by atoms with Crippen molar-refractivity contribution in [1.29, 1.82) is 0 Å². The van der Waals surface area contributed by atoms with Crippen molar-refractivity contribution in [1.82, 2.24) is 0 Å². The Kier molecular flexibility index (Phi) is 5.07. The van der Waals surface area contributed by atoms with Crippen LogP contribution < -0.4 is 10.1 Å². The van der Waals surface area contributed by atoms with E-state index >= 15 is 0 Å². The summed E-state index contributed by atoms with van der Waals surface area (Å²) >= 11 is 1.67. The highest BCUT2D eigenvalue weighted by Gasteiger charge is 2.03. The zero-order valence-corrected chi connectivity index (χ0v) is 12.4. The first-order valence-electron chi connectivity index (χ1n) is 6.31. The minimum Gasteiger partial charge on any atom is -0.484 e. The molecule has 20 heavy (non-hydrogen) atoms. The molecule has 1 N–H and O–H groups in total. The molecule has 0 spiro atoms. The number of rotatable bonds is 5. The highest BCUT2D eigenvalue weighted by molar-refractivity contribution is 7.98. The molecule has 1 amide bonds. The minimum atomic E-state index is -0.164. The number of benzene rings is 2. The van der Waals surface area contributed by atoms with Crippen molar-refractivity contribution >= 4 is 23.4 Å². The Balaban J connectivity index is 1.84. The average Bonchev–Trinajstić information content (AvgIpc) is 2.47. The molecule has 0 saturated heterocycles. The molecule has 104 valence electrons. The Morgan fingerprint density at radius 2 is 1.75 bits per heavy atom. The van der Waals surface area contributed by atoms with Crippen molar-refractivity contribution in [3.8, 4) is 5.75 Å². The molecule has 2 aromatic carbocycles. The Hall–Kier alpha value is -1.94. The van der Waals surface area contributed by atoms with Gasteiger partial charge in [0.2, 0.25) is 0 Å². The van der Waals surface area contributed by atoms with Gasteiger partial charge in [-0.3, -0.25) is 4.79 Å². The van der Waals surface area contributed by atoms with Crippen molar-refractivity contribution < 1.29 is 9.53 Å². The summed E-state index contributed by atoms with van der Waals surface area (Å²) in [6.45, 7) is 2.02. The Labute approximate surface area is 123 Å². The molecule has 4 heteroatoms. The van der Waals surface area contributed by atoms with Crippen molar-refractivity contribution in [2.75, 3.05) is 18.2 Å². The number of amides is 1. The third-order valence-corrected chi connectivity index (χ3v) is 3.51. The Morgan fingerprint density at radius 1 is 1.10 bits per heavy atom. The largest absolute Gasteiger partial charge is 0.484 e. The molecule has 2 rings (SSSR count). The van der Waals surface area contributed by atoms with Crippen molar-refractivity contribution in [2.45, 2.75) is 11.8 Å². The van der Waals surface area contributed by atoms with Gasteiger partial charge in [-0.15, -0.1) is 11.8 Å². The summed E-state index contributed by atoms with van der Waals surface area (Å²) in [6.07, 6.45) is 2.02. The van der Waals surface area contributed by atoms with Gasteiger partial charge in [-0.1, -0.05) is 17.7 Å². The van der Waals surface area contributed by atoms with Gasteiger partial charge in [-0.05, 0) is 49.6 Å². The van der Waals surface area contributed by atoms with Crippen LogP contribution in [0, 0.1) is 6.92 Å². The average molecular weight is 287 g/mol. The number of carbonyl (C=O) groups excluding carboxylic acids is 1. The van der Waals surface area contributed by atoms with Crippen molar-refractivity contribution in [3.05, 3.63) is 54.1 Å². The van der Waals surface area contributed by atoms with E-state index in [1.807, 2.05) is 61.7 Å². The number of nitrogens with one attached hydrogen (secondary N) is 1. The van der Waals surface area contributed by atoms with Crippen molar-refractivity contribution in [2.24, 2.45) is 0 Å². The molecule has 0 aromatic heterocycles. The quantitative estimate of drug-likeness (QED) is 0.851. The number of hydrogen-bond acceptors (Lipinski definition) is 3. The molecule has 0 atom stereocenters. The van der Waals surface area contributed by atoms with Gasteiger partial charge >= 0.3 is 0 Å². The van der Waals surface area contributed by atoms with Crippen LogP contribution >= 0.6 is 11.8 Å². The fourth-order valence-corrected chi connectivity index (χ4v) is 2.06. The van der Waals surface area contributed by atoms with Gasteiger partial charge in [0.1, 0.15) is 5.75 Å². The van der Waals surface area contributed by atoms with E-state index in [2.05, 4.69) is 5.32 Å². The predicted molar refractivity (Wildman–Crippen MR) is 83.5 cm³/mol. The number of aryl methyl sites for hydroxylation is 1. The van der Waals surface area contributed by atoms with Crippen LogP contribution in [-0.2, 0) is 4.79 Å². The van der Waals surface area contributed by atoms with Gasteiger partial charge in [-0.2, -0.15) is 0 Å². The minimum absolute atomic E-state index is 0.00728. The summed E-state index contributed by atoms with van der Waals surface area (Å²) in [7, 11) is 0. The number of thioether (sulfide) groups is 1. The van der Waals surface area contributed by atoms with Crippen LogP contribution in [0.25, 0.3) is 0 Å². The third-order valence-electron chi connectivity index (χ3n) is 2.76. The van der Waals surface area contributed by atoms with Crippen LogP contribution in [0.4, 0.5) is 5.69 Å². The molecule has 0 aliphatic rings. The first kappa shape index (κ1) is 14.5. The van der Waals surface area contributed by atoms with Gasteiger partial charge in [0.25, 0.3) is 5.91 Å². The van der Waals surface area contributed by atoms with Gasteiger partial charge in [-0.25, -0.2) is 0 Å². The van der Waals surface area contributed by atoms with Crippen LogP contribution in [0.3, 0.4) is 0 Å². The van der Waals surface area contributed by atoms with Crippen molar-refractivity contribution in [3.63, 3.8) is 0 Å². The first-order valence-corrected chi connectivity index (χ1v) is 7.53. The normalized spacial score (nSPS) is 10.1. The maximum atomic E-state index is 11.8. The van der Waals surface area contributed by atoms with Crippen LogP contribution in [0.2, 0.25) is 0 Å². The SMILES string of the molecule is CSc1ccc(NC(=O)COc2ccc(C)cc2)cc1. The Morgan fingerprint density at radius 3 is 2.35 bits per heavy atom. The van der Waals surface area contributed by atoms with E-state index in [0.29, 0.717) is 5.75 Å². The molecule has 0 unspecified atom stereocenters. The first-order chi connectivity index (χ1) is 9.67. The predicted octanol–water partition coefficient (Wildman–Crippen LogP) is 3.73. The van der Waals surface area contributed by atoms with E-state index in [4.69, 9.17) is 4.74 Å². The molecule has 0 fully saturated rings. The summed E-state index contributed by atoms with van der Waals surface area (Å²) in [5.74, 6) is 0.533. The Bertz CT molecular complexity index is 564. The fourth-order valence-electron chi connectivity index (χ4n) is 1.65.